The van der Waals surface area contributed by atoms with Gasteiger partial charge in [0, 0.05) is 36.5 Å². The lowest BCUT2D eigenvalue weighted by Gasteiger charge is -2.12. The smallest absolute Gasteiger partial charge is 0.133 e. The molecule has 2 aromatic rings. The molecule has 4 heteroatoms. The summed E-state index contributed by atoms with van der Waals surface area (Å²) >= 11 is 0. The molecule has 0 radical (unpaired) electrons. The van der Waals surface area contributed by atoms with Crippen molar-refractivity contribution >= 4 is 5.82 Å². The highest BCUT2D eigenvalue weighted by molar-refractivity contribution is 5.65. The number of anilines is 1. The zero-order valence-electron chi connectivity index (χ0n) is 11.9. The van der Waals surface area contributed by atoms with E-state index in [2.05, 4.69) is 48.0 Å². The quantitative estimate of drug-likeness (QED) is 0.910. The highest BCUT2D eigenvalue weighted by Crippen LogP contribution is 2.24. The molecule has 4 nitrogen and oxygen atoms in total. The molecular weight excluding hydrogens is 236 g/mol. The van der Waals surface area contributed by atoms with Crippen LogP contribution in [0, 0.1) is 6.92 Å². The minimum absolute atomic E-state index is 0.300. The Labute approximate surface area is 114 Å². The third kappa shape index (κ3) is 3.08. The summed E-state index contributed by atoms with van der Waals surface area (Å²) in [5.41, 5.74) is 3.16. The molecule has 2 heterocycles. The second kappa shape index (κ2) is 5.78. The van der Waals surface area contributed by atoms with Crippen LogP contribution in [0.3, 0.4) is 0 Å². The zero-order valence-corrected chi connectivity index (χ0v) is 11.9. The van der Waals surface area contributed by atoms with E-state index in [1.54, 1.807) is 6.20 Å². The van der Waals surface area contributed by atoms with E-state index in [0.717, 1.165) is 29.4 Å². The number of hydrogen-bond acceptors (Lipinski definition) is 4. The van der Waals surface area contributed by atoms with E-state index < -0.39 is 0 Å². The van der Waals surface area contributed by atoms with Gasteiger partial charge in [0.15, 0.2) is 0 Å². The molecule has 0 aliphatic heterocycles. The average molecular weight is 256 g/mol. The highest BCUT2D eigenvalue weighted by atomic mass is 15.0. The minimum Gasteiger partial charge on any atom is -0.370 e. The van der Waals surface area contributed by atoms with Gasteiger partial charge in [0.05, 0.1) is 5.69 Å². The maximum Gasteiger partial charge on any atom is 0.133 e. The van der Waals surface area contributed by atoms with Crippen molar-refractivity contribution in [2.45, 2.75) is 33.6 Å². The van der Waals surface area contributed by atoms with Crippen LogP contribution in [0.25, 0.3) is 11.3 Å². The van der Waals surface area contributed by atoms with Crippen molar-refractivity contribution in [1.82, 2.24) is 15.0 Å². The average Bonchev–Trinajstić information content (AvgIpc) is 2.39. The topological polar surface area (TPSA) is 50.7 Å². The Balaban J connectivity index is 2.53. The molecule has 100 valence electrons. The van der Waals surface area contributed by atoms with Crippen LogP contribution < -0.4 is 5.32 Å². The summed E-state index contributed by atoms with van der Waals surface area (Å²) in [7, 11) is 0. The van der Waals surface area contributed by atoms with Crippen LogP contribution in [-0.2, 0) is 0 Å². The normalized spacial score (nSPS) is 10.8. The molecule has 0 bridgehead atoms. The SMILES string of the molecule is CCNc1cc(-c2cnccc2C)nc(C(C)C)n1. The van der Waals surface area contributed by atoms with Crippen molar-refractivity contribution in [3.8, 4) is 11.3 Å². The Morgan fingerprint density at radius 2 is 2.05 bits per heavy atom. The first-order valence-corrected chi connectivity index (χ1v) is 6.65. The van der Waals surface area contributed by atoms with E-state index >= 15 is 0 Å². The Kier molecular flexibility index (Phi) is 4.10. The molecule has 0 unspecified atom stereocenters. The van der Waals surface area contributed by atoms with Gasteiger partial charge in [-0.2, -0.15) is 0 Å². The van der Waals surface area contributed by atoms with Crippen LogP contribution in [0.15, 0.2) is 24.5 Å². The maximum absolute atomic E-state index is 4.66. The molecule has 0 saturated carbocycles. The zero-order chi connectivity index (χ0) is 13.8. The molecule has 0 saturated heterocycles. The van der Waals surface area contributed by atoms with Gasteiger partial charge in [0.2, 0.25) is 0 Å². The van der Waals surface area contributed by atoms with Gasteiger partial charge in [-0.15, -0.1) is 0 Å². The van der Waals surface area contributed by atoms with Gasteiger partial charge >= 0.3 is 0 Å². The van der Waals surface area contributed by atoms with Crippen LogP contribution in [0.4, 0.5) is 5.82 Å². The van der Waals surface area contributed by atoms with E-state index in [1.807, 2.05) is 18.3 Å². The predicted octanol–water partition coefficient (Wildman–Crippen LogP) is 3.40. The summed E-state index contributed by atoms with van der Waals surface area (Å²) in [4.78, 5) is 13.4. The van der Waals surface area contributed by atoms with Gasteiger partial charge in [-0.25, -0.2) is 9.97 Å². The van der Waals surface area contributed by atoms with Gasteiger partial charge in [0.1, 0.15) is 11.6 Å². The Bertz CT molecular complexity index is 564. The number of pyridine rings is 1. The number of hydrogen-bond donors (Lipinski definition) is 1. The molecule has 2 rings (SSSR count). The maximum atomic E-state index is 4.66. The van der Waals surface area contributed by atoms with Crippen molar-refractivity contribution in [3.05, 3.63) is 35.9 Å². The monoisotopic (exact) mass is 256 g/mol. The Morgan fingerprint density at radius 3 is 2.68 bits per heavy atom. The fourth-order valence-corrected chi connectivity index (χ4v) is 1.87. The molecule has 0 atom stereocenters. The third-order valence-corrected chi connectivity index (χ3v) is 2.93. The van der Waals surface area contributed by atoms with Crippen LogP contribution in [0.2, 0.25) is 0 Å². The summed E-state index contributed by atoms with van der Waals surface area (Å²) in [5, 5.41) is 3.26. The molecule has 0 fully saturated rings. The molecule has 1 N–H and O–H groups in total. The molecule has 0 aromatic carbocycles. The molecule has 0 amide bonds. The summed E-state index contributed by atoms with van der Waals surface area (Å²) in [5.74, 6) is 2.03. The number of rotatable bonds is 4. The standard InChI is InChI=1S/C15H20N4/c1-5-17-14-8-13(18-15(19-14)10(2)3)12-9-16-7-6-11(12)4/h6-10H,5H2,1-4H3,(H,17,18,19). The first-order valence-electron chi connectivity index (χ1n) is 6.65. The lowest BCUT2D eigenvalue weighted by Crippen LogP contribution is -2.06. The number of nitrogens with one attached hydrogen (secondary N) is 1. The first-order chi connectivity index (χ1) is 9.11. The second-order valence-electron chi connectivity index (χ2n) is 4.87. The molecule has 0 aliphatic carbocycles. The van der Waals surface area contributed by atoms with E-state index in [1.165, 1.54) is 5.56 Å². The van der Waals surface area contributed by atoms with Crippen LogP contribution >= 0.6 is 0 Å². The van der Waals surface area contributed by atoms with Crippen molar-refractivity contribution in [2.24, 2.45) is 0 Å². The largest absolute Gasteiger partial charge is 0.370 e. The van der Waals surface area contributed by atoms with Crippen LogP contribution in [0.5, 0.6) is 0 Å². The third-order valence-electron chi connectivity index (χ3n) is 2.93. The number of aromatic nitrogens is 3. The van der Waals surface area contributed by atoms with E-state index in [-0.39, 0.29) is 0 Å². The van der Waals surface area contributed by atoms with Crippen molar-refractivity contribution in [2.75, 3.05) is 11.9 Å². The second-order valence-corrected chi connectivity index (χ2v) is 4.87. The number of aryl methyl sites for hydroxylation is 1. The number of nitrogens with zero attached hydrogens (tertiary/aromatic N) is 3. The fourth-order valence-electron chi connectivity index (χ4n) is 1.87. The lowest BCUT2D eigenvalue weighted by molar-refractivity contribution is 0.776. The highest BCUT2D eigenvalue weighted by Gasteiger charge is 2.10. The van der Waals surface area contributed by atoms with Crippen LogP contribution in [-0.4, -0.2) is 21.5 Å². The Hall–Kier alpha value is -1.97. The molecule has 0 spiro atoms. The van der Waals surface area contributed by atoms with E-state index in [0.29, 0.717) is 5.92 Å². The molecular formula is C15H20N4. The predicted molar refractivity (Wildman–Crippen MR) is 78.3 cm³/mol. The van der Waals surface area contributed by atoms with Crippen molar-refractivity contribution in [1.29, 1.82) is 0 Å². The first kappa shape index (κ1) is 13.5. The van der Waals surface area contributed by atoms with Gasteiger partial charge < -0.3 is 5.32 Å². The van der Waals surface area contributed by atoms with Gasteiger partial charge in [-0.1, -0.05) is 13.8 Å². The van der Waals surface area contributed by atoms with E-state index in [9.17, 15) is 0 Å². The lowest BCUT2D eigenvalue weighted by atomic mass is 10.1. The molecule has 0 aliphatic rings. The summed E-state index contributed by atoms with van der Waals surface area (Å²) in [6, 6.07) is 3.98. The summed E-state index contributed by atoms with van der Waals surface area (Å²) in [6.45, 7) is 9.18. The van der Waals surface area contributed by atoms with Gasteiger partial charge in [-0.05, 0) is 25.5 Å². The molecule has 19 heavy (non-hydrogen) atoms. The minimum atomic E-state index is 0.300. The van der Waals surface area contributed by atoms with Crippen molar-refractivity contribution in [3.63, 3.8) is 0 Å². The van der Waals surface area contributed by atoms with Gasteiger partial charge in [-0.3, -0.25) is 4.98 Å². The fraction of sp³-hybridized carbons (Fsp3) is 0.400. The van der Waals surface area contributed by atoms with E-state index in [4.69, 9.17) is 0 Å². The van der Waals surface area contributed by atoms with Crippen LogP contribution in [0.1, 0.15) is 38.1 Å². The molecule has 2 aromatic heterocycles. The summed E-state index contributed by atoms with van der Waals surface area (Å²) < 4.78 is 0. The van der Waals surface area contributed by atoms with Gasteiger partial charge in [0.25, 0.3) is 0 Å². The Morgan fingerprint density at radius 1 is 1.26 bits per heavy atom. The summed E-state index contributed by atoms with van der Waals surface area (Å²) in [6.07, 6.45) is 3.66. The van der Waals surface area contributed by atoms with Crippen molar-refractivity contribution < 1.29 is 0 Å².